The van der Waals surface area contributed by atoms with E-state index in [4.69, 9.17) is 11.0 Å². The van der Waals surface area contributed by atoms with Gasteiger partial charge in [0.15, 0.2) is 0 Å². The lowest BCUT2D eigenvalue weighted by molar-refractivity contribution is -0.128. The van der Waals surface area contributed by atoms with E-state index in [1.165, 1.54) is 0 Å². The first-order chi connectivity index (χ1) is 8.62. The molecule has 5 nitrogen and oxygen atoms in total. The average molecular weight is 246 g/mol. The van der Waals surface area contributed by atoms with Gasteiger partial charge >= 0.3 is 0 Å². The van der Waals surface area contributed by atoms with Crippen LogP contribution >= 0.6 is 0 Å². The summed E-state index contributed by atoms with van der Waals surface area (Å²) in [6.07, 6.45) is 0. The zero-order valence-electron chi connectivity index (χ0n) is 10.7. The van der Waals surface area contributed by atoms with Crippen LogP contribution in [0.25, 0.3) is 0 Å². The number of benzene rings is 1. The molecule has 1 aromatic rings. The normalized spacial score (nSPS) is 9.61. The van der Waals surface area contributed by atoms with Crippen LogP contribution in [0, 0.1) is 11.3 Å². The highest BCUT2D eigenvalue weighted by molar-refractivity contribution is 5.81. The molecule has 5 heteroatoms. The molecule has 0 saturated heterocycles. The largest absolute Gasteiger partial charge is 0.398 e. The number of amides is 1. The third-order valence-corrected chi connectivity index (χ3v) is 2.73. The smallest absolute Gasteiger partial charge is 0.241 e. The Morgan fingerprint density at radius 1 is 1.44 bits per heavy atom. The van der Waals surface area contributed by atoms with Crippen molar-refractivity contribution in [1.82, 2.24) is 4.90 Å². The minimum atomic E-state index is 0.0444. The molecule has 0 aliphatic carbocycles. The summed E-state index contributed by atoms with van der Waals surface area (Å²) in [5.41, 5.74) is 7.29. The topological polar surface area (TPSA) is 82.2 Å². The van der Waals surface area contributed by atoms with Crippen molar-refractivity contribution in [1.29, 1.82) is 5.26 Å². The number of likely N-dealkylation sites (N-methyl/N-ethyl adjacent to an activating group) is 1. The molecule has 0 spiro atoms. The maximum atomic E-state index is 11.8. The lowest BCUT2D eigenvalue weighted by Crippen LogP contribution is -2.35. The summed E-state index contributed by atoms with van der Waals surface area (Å²) in [4.78, 5) is 13.5. The fourth-order valence-corrected chi connectivity index (χ4v) is 1.64. The summed E-state index contributed by atoms with van der Waals surface area (Å²) < 4.78 is 0. The van der Waals surface area contributed by atoms with Gasteiger partial charge in [-0.3, -0.25) is 4.79 Å². The van der Waals surface area contributed by atoms with E-state index < -0.39 is 0 Å². The van der Waals surface area contributed by atoms with Crippen LogP contribution in [0.4, 0.5) is 11.4 Å². The summed E-state index contributed by atoms with van der Waals surface area (Å²) >= 11 is 0. The highest BCUT2D eigenvalue weighted by Crippen LogP contribution is 2.16. The van der Waals surface area contributed by atoms with E-state index in [2.05, 4.69) is 5.32 Å². The van der Waals surface area contributed by atoms with Gasteiger partial charge in [-0.25, -0.2) is 0 Å². The number of nitrogens with two attached hydrogens (primary N) is 1. The van der Waals surface area contributed by atoms with Gasteiger partial charge in [-0.2, -0.15) is 5.26 Å². The SMILES string of the molecule is CCN(CC)C(=O)CNc1ccc(C#N)c(N)c1. The zero-order chi connectivity index (χ0) is 13.5. The van der Waals surface area contributed by atoms with Crippen molar-refractivity contribution in [3.05, 3.63) is 23.8 Å². The van der Waals surface area contributed by atoms with Crippen LogP contribution in [-0.2, 0) is 4.79 Å². The number of nitrogens with zero attached hydrogens (tertiary/aromatic N) is 2. The van der Waals surface area contributed by atoms with Crippen LogP contribution in [0.5, 0.6) is 0 Å². The maximum Gasteiger partial charge on any atom is 0.241 e. The van der Waals surface area contributed by atoms with Gasteiger partial charge < -0.3 is 16.0 Å². The van der Waals surface area contributed by atoms with Crippen molar-refractivity contribution in [3.8, 4) is 6.07 Å². The lowest BCUT2D eigenvalue weighted by atomic mass is 10.2. The van der Waals surface area contributed by atoms with E-state index in [9.17, 15) is 4.79 Å². The molecule has 0 atom stereocenters. The Bertz CT molecular complexity index is 461. The lowest BCUT2D eigenvalue weighted by Gasteiger charge is -2.19. The fraction of sp³-hybridized carbons (Fsp3) is 0.385. The summed E-state index contributed by atoms with van der Waals surface area (Å²) in [5.74, 6) is 0.0444. The van der Waals surface area contributed by atoms with Gasteiger partial charge in [0.05, 0.1) is 17.8 Å². The second-order valence-electron chi connectivity index (χ2n) is 3.83. The van der Waals surface area contributed by atoms with Crippen molar-refractivity contribution in [2.75, 3.05) is 30.7 Å². The van der Waals surface area contributed by atoms with Gasteiger partial charge in [-0.15, -0.1) is 0 Å². The quantitative estimate of drug-likeness (QED) is 0.770. The Kier molecular flexibility index (Phi) is 5.00. The number of rotatable bonds is 5. The molecule has 0 aliphatic rings. The number of anilines is 2. The number of nitrogens with one attached hydrogen (secondary N) is 1. The summed E-state index contributed by atoms with van der Waals surface area (Å²) in [6, 6.07) is 7.04. The molecule has 0 aromatic heterocycles. The molecule has 1 rings (SSSR count). The molecule has 0 fully saturated rings. The predicted octanol–water partition coefficient (Wildman–Crippen LogP) is 1.42. The monoisotopic (exact) mass is 246 g/mol. The molecule has 0 aliphatic heterocycles. The van der Waals surface area contributed by atoms with Crippen molar-refractivity contribution in [3.63, 3.8) is 0 Å². The highest BCUT2D eigenvalue weighted by Gasteiger charge is 2.09. The third kappa shape index (κ3) is 3.39. The van der Waals surface area contributed by atoms with Crippen LogP contribution in [0.2, 0.25) is 0 Å². The van der Waals surface area contributed by atoms with E-state index in [1.807, 2.05) is 19.9 Å². The van der Waals surface area contributed by atoms with E-state index in [0.29, 0.717) is 24.3 Å². The highest BCUT2D eigenvalue weighted by atomic mass is 16.2. The van der Waals surface area contributed by atoms with Gasteiger partial charge in [0.2, 0.25) is 5.91 Å². The van der Waals surface area contributed by atoms with Crippen LogP contribution in [0.3, 0.4) is 0 Å². The minimum absolute atomic E-state index is 0.0444. The van der Waals surface area contributed by atoms with Gasteiger partial charge in [-0.1, -0.05) is 0 Å². The molecular weight excluding hydrogens is 228 g/mol. The third-order valence-electron chi connectivity index (χ3n) is 2.73. The predicted molar refractivity (Wildman–Crippen MR) is 72.0 cm³/mol. The number of carbonyl (C=O) groups is 1. The van der Waals surface area contributed by atoms with Crippen molar-refractivity contribution in [2.45, 2.75) is 13.8 Å². The van der Waals surface area contributed by atoms with Crippen LogP contribution < -0.4 is 11.1 Å². The first-order valence-electron chi connectivity index (χ1n) is 5.93. The van der Waals surface area contributed by atoms with Crippen LogP contribution in [0.1, 0.15) is 19.4 Å². The molecule has 0 radical (unpaired) electrons. The Morgan fingerprint density at radius 3 is 2.61 bits per heavy atom. The maximum absolute atomic E-state index is 11.8. The minimum Gasteiger partial charge on any atom is -0.398 e. The molecule has 18 heavy (non-hydrogen) atoms. The fourth-order valence-electron chi connectivity index (χ4n) is 1.64. The molecule has 0 saturated carbocycles. The second-order valence-corrected chi connectivity index (χ2v) is 3.83. The van der Waals surface area contributed by atoms with Crippen molar-refractivity contribution < 1.29 is 4.79 Å². The summed E-state index contributed by atoms with van der Waals surface area (Å²) in [5, 5.41) is 11.8. The van der Waals surface area contributed by atoms with Crippen molar-refractivity contribution in [2.24, 2.45) is 0 Å². The van der Waals surface area contributed by atoms with Crippen LogP contribution in [-0.4, -0.2) is 30.4 Å². The number of hydrogen-bond acceptors (Lipinski definition) is 4. The van der Waals surface area contributed by atoms with E-state index in [1.54, 1.807) is 23.1 Å². The Hall–Kier alpha value is -2.22. The first-order valence-corrected chi connectivity index (χ1v) is 5.93. The number of hydrogen-bond donors (Lipinski definition) is 2. The van der Waals surface area contributed by atoms with Crippen molar-refractivity contribution >= 4 is 17.3 Å². The van der Waals surface area contributed by atoms with E-state index in [-0.39, 0.29) is 12.5 Å². The molecular formula is C13H18N4O. The molecule has 1 aromatic carbocycles. The summed E-state index contributed by atoms with van der Waals surface area (Å²) in [6.45, 7) is 5.52. The molecule has 0 heterocycles. The zero-order valence-corrected chi connectivity index (χ0v) is 10.7. The van der Waals surface area contributed by atoms with Gasteiger partial charge in [0.1, 0.15) is 6.07 Å². The Morgan fingerprint density at radius 2 is 2.11 bits per heavy atom. The Balaban J connectivity index is 2.62. The van der Waals surface area contributed by atoms with E-state index in [0.717, 1.165) is 5.69 Å². The molecule has 96 valence electrons. The number of carbonyl (C=O) groups excluding carboxylic acids is 1. The molecule has 0 bridgehead atoms. The van der Waals surface area contributed by atoms with Gasteiger partial charge in [0, 0.05) is 18.8 Å². The average Bonchev–Trinajstić information content (AvgIpc) is 2.38. The second kappa shape index (κ2) is 6.50. The van der Waals surface area contributed by atoms with Gasteiger partial charge in [-0.05, 0) is 32.0 Å². The molecule has 3 N–H and O–H groups in total. The standard InChI is InChI=1S/C13H18N4O/c1-3-17(4-2)13(18)9-16-11-6-5-10(8-14)12(15)7-11/h5-7,16H,3-4,9,15H2,1-2H3. The van der Waals surface area contributed by atoms with Crippen LogP contribution in [0.15, 0.2) is 18.2 Å². The number of nitrogen functional groups attached to an aromatic ring is 1. The van der Waals surface area contributed by atoms with Gasteiger partial charge in [0.25, 0.3) is 0 Å². The summed E-state index contributed by atoms with van der Waals surface area (Å²) in [7, 11) is 0. The van der Waals surface area contributed by atoms with E-state index >= 15 is 0 Å². The molecule has 0 unspecified atom stereocenters. The molecule has 1 amide bonds. The number of nitriles is 1. The Labute approximate surface area is 107 Å². The first kappa shape index (κ1) is 13.8.